The Morgan fingerprint density at radius 2 is 1.33 bits per heavy atom. The summed E-state index contributed by atoms with van der Waals surface area (Å²) in [6.45, 7) is 2.11. The van der Waals surface area contributed by atoms with Gasteiger partial charge < -0.3 is 4.74 Å². The molecular weight excluding hydrogens is 446 g/mol. The minimum Gasteiger partial charge on any atom is -0.462 e. The number of carbonyl (C=O) groups is 2. The second kappa shape index (κ2) is 10.3. The van der Waals surface area contributed by atoms with Gasteiger partial charge in [0.25, 0.3) is 5.91 Å². The van der Waals surface area contributed by atoms with Crippen LogP contribution >= 0.6 is 0 Å². The number of esters is 1. The molecule has 0 radical (unpaired) electrons. The maximum absolute atomic E-state index is 13.6. The highest BCUT2D eigenvalue weighted by Gasteiger charge is 2.30. The van der Waals surface area contributed by atoms with Crippen LogP contribution in [0, 0.1) is 0 Å². The number of hydrogen-bond donors (Lipinski definition) is 0. The zero-order valence-electron chi connectivity index (χ0n) is 19.9. The van der Waals surface area contributed by atoms with Crippen LogP contribution in [0.3, 0.4) is 0 Å². The Bertz CT molecular complexity index is 1440. The van der Waals surface area contributed by atoms with Crippen LogP contribution in [-0.4, -0.2) is 18.5 Å². The molecule has 5 rings (SSSR count). The van der Waals surface area contributed by atoms with E-state index >= 15 is 0 Å². The van der Waals surface area contributed by atoms with E-state index in [1.807, 2.05) is 97.1 Å². The highest BCUT2D eigenvalue weighted by Crippen LogP contribution is 2.36. The molecule has 0 saturated heterocycles. The summed E-state index contributed by atoms with van der Waals surface area (Å²) in [5.41, 5.74) is 6.69. The van der Waals surface area contributed by atoms with Crippen molar-refractivity contribution in [3.8, 4) is 11.1 Å². The number of rotatable bonds is 6. The summed E-state index contributed by atoms with van der Waals surface area (Å²) in [5.74, 6) is -0.458. The molecule has 36 heavy (non-hydrogen) atoms. The fourth-order valence-electron chi connectivity index (χ4n) is 4.24. The summed E-state index contributed by atoms with van der Waals surface area (Å²) in [4.78, 5) is 27.4. The van der Waals surface area contributed by atoms with Gasteiger partial charge in [-0.25, -0.2) is 4.79 Å². The number of nitrogens with zero attached hydrogens (tertiary/aromatic N) is 1. The lowest BCUT2D eigenvalue weighted by molar-refractivity contribution is -0.113. The highest BCUT2D eigenvalue weighted by molar-refractivity contribution is 6.23. The Hall–Kier alpha value is -4.70. The van der Waals surface area contributed by atoms with Crippen LogP contribution in [0.2, 0.25) is 0 Å². The molecule has 1 aliphatic rings. The van der Waals surface area contributed by atoms with Gasteiger partial charge in [-0.3, -0.25) is 9.69 Å². The number of hydrogen-bond acceptors (Lipinski definition) is 3. The van der Waals surface area contributed by atoms with Gasteiger partial charge in [0.15, 0.2) is 0 Å². The maximum atomic E-state index is 13.6. The molecule has 4 aromatic rings. The standard InChI is InChI=1S/C32H25NO3/c1-2-36-32(35)27-15-13-23(14-16-27)21-28-22-30(26-11-7-4-8-12-26)33(31(28)34)29-19-17-25(18-20-29)24-9-5-3-6-10-24/h3-22H,2H2,1H3/b28-21+. The molecule has 0 atom stereocenters. The van der Waals surface area contributed by atoms with Crippen molar-refractivity contribution in [1.82, 2.24) is 0 Å². The monoisotopic (exact) mass is 471 g/mol. The van der Waals surface area contributed by atoms with Gasteiger partial charge >= 0.3 is 5.97 Å². The molecule has 0 unspecified atom stereocenters. The zero-order valence-corrected chi connectivity index (χ0v) is 19.9. The summed E-state index contributed by atoms with van der Waals surface area (Å²) in [5, 5.41) is 0. The van der Waals surface area contributed by atoms with Crippen molar-refractivity contribution in [3.05, 3.63) is 138 Å². The molecule has 1 heterocycles. The van der Waals surface area contributed by atoms with Gasteiger partial charge in [0, 0.05) is 11.3 Å². The van der Waals surface area contributed by atoms with Crippen LogP contribution in [0.15, 0.2) is 121 Å². The van der Waals surface area contributed by atoms with E-state index in [1.54, 1.807) is 24.0 Å². The molecule has 176 valence electrons. The topological polar surface area (TPSA) is 46.6 Å². The normalized spacial score (nSPS) is 14.1. The average molecular weight is 472 g/mol. The van der Waals surface area contributed by atoms with E-state index in [9.17, 15) is 9.59 Å². The van der Waals surface area contributed by atoms with Crippen molar-refractivity contribution in [2.45, 2.75) is 6.92 Å². The van der Waals surface area contributed by atoms with Crippen LogP contribution < -0.4 is 4.90 Å². The molecule has 0 N–H and O–H groups in total. The number of ether oxygens (including phenoxy) is 1. The van der Waals surface area contributed by atoms with E-state index in [-0.39, 0.29) is 11.9 Å². The Morgan fingerprint density at radius 1 is 0.750 bits per heavy atom. The van der Waals surface area contributed by atoms with Gasteiger partial charge in [-0.15, -0.1) is 0 Å². The largest absolute Gasteiger partial charge is 0.462 e. The highest BCUT2D eigenvalue weighted by atomic mass is 16.5. The van der Waals surface area contributed by atoms with Crippen LogP contribution in [0.5, 0.6) is 0 Å². The van der Waals surface area contributed by atoms with Gasteiger partial charge in [0.1, 0.15) is 0 Å². The van der Waals surface area contributed by atoms with E-state index < -0.39 is 0 Å². The second-order valence-electron chi connectivity index (χ2n) is 8.39. The molecule has 1 amide bonds. The summed E-state index contributed by atoms with van der Waals surface area (Å²) >= 11 is 0. The lowest BCUT2D eigenvalue weighted by Gasteiger charge is -2.21. The molecule has 0 bridgehead atoms. The van der Waals surface area contributed by atoms with Crippen molar-refractivity contribution < 1.29 is 14.3 Å². The quantitative estimate of drug-likeness (QED) is 0.225. The van der Waals surface area contributed by atoms with Crippen molar-refractivity contribution in [3.63, 3.8) is 0 Å². The summed E-state index contributed by atoms with van der Waals surface area (Å²) < 4.78 is 5.06. The third-order valence-electron chi connectivity index (χ3n) is 6.03. The molecule has 0 aromatic heterocycles. The SMILES string of the molecule is CCOC(=O)c1ccc(/C=C2\C=C(c3ccccc3)N(c3ccc(-c4ccccc4)cc3)C2=O)cc1. The number of benzene rings is 4. The predicted octanol–water partition coefficient (Wildman–Crippen LogP) is 7.00. The molecule has 0 aliphatic carbocycles. The van der Waals surface area contributed by atoms with E-state index in [2.05, 4.69) is 12.1 Å². The Morgan fingerprint density at radius 3 is 1.94 bits per heavy atom. The van der Waals surface area contributed by atoms with Crippen LogP contribution in [0.25, 0.3) is 22.9 Å². The van der Waals surface area contributed by atoms with Gasteiger partial charge in [-0.1, -0.05) is 84.9 Å². The molecule has 0 fully saturated rings. The summed E-state index contributed by atoms with van der Waals surface area (Å²) in [6, 6.07) is 35.2. The van der Waals surface area contributed by atoms with Gasteiger partial charge in [0.2, 0.25) is 0 Å². The van der Waals surface area contributed by atoms with Gasteiger partial charge in [-0.2, -0.15) is 0 Å². The third-order valence-corrected chi connectivity index (χ3v) is 6.03. The number of anilines is 1. The van der Waals surface area contributed by atoms with E-state index in [4.69, 9.17) is 4.74 Å². The smallest absolute Gasteiger partial charge is 0.338 e. The molecule has 4 heteroatoms. The minimum absolute atomic E-state index is 0.101. The zero-order chi connectivity index (χ0) is 24.9. The first-order valence-corrected chi connectivity index (χ1v) is 11.9. The van der Waals surface area contributed by atoms with Crippen molar-refractivity contribution in [2.75, 3.05) is 11.5 Å². The maximum Gasteiger partial charge on any atom is 0.338 e. The lowest BCUT2D eigenvalue weighted by Crippen LogP contribution is -2.24. The summed E-state index contributed by atoms with van der Waals surface area (Å²) in [7, 11) is 0. The Labute approximate surface area is 210 Å². The van der Waals surface area contributed by atoms with Crippen molar-refractivity contribution >= 4 is 29.3 Å². The molecule has 0 spiro atoms. The van der Waals surface area contributed by atoms with Crippen LogP contribution in [-0.2, 0) is 9.53 Å². The van der Waals surface area contributed by atoms with Gasteiger partial charge in [0.05, 0.1) is 17.9 Å². The Kier molecular flexibility index (Phi) is 6.59. The molecule has 4 nitrogen and oxygen atoms in total. The number of carbonyl (C=O) groups excluding carboxylic acids is 2. The first-order chi connectivity index (χ1) is 17.6. The fourth-order valence-corrected chi connectivity index (χ4v) is 4.24. The van der Waals surface area contributed by atoms with E-state index in [0.717, 1.165) is 33.6 Å². The minimum atomic E-state index is -0.356. The molecule has 1 aliphatic heterocycles. The predicted molar refractivity (Wildman–Crippen MR) is 144 cm³/mol. The third kappa shape index (κ3) is 4.75. The first kappa shape index (κ1) is 23.1. The Balaban J connectivity index is 1.49. The fraction of sp³-hybridized carbons (Fsp3) is 0.0625. The number of amides is 1. The summed E-state index contributed by atoms with van der Waals surface area (Å²) in [6.07, 6.45) is 3.76. The molecule has 4 aromatic carbocycles. The van der Waals surface area contributed by atoms with Crippen molar-refractivity contribution in [1.29, 1.82) is 0 Å². The van der Waals surface area contributed by atoms with Crippen molar-refractivity contribution in [2.24, 2.45) is 0 Å². The second-order valence-corrected chi connectivity index (χ2v) is 8.39. The lowest BCUT2D eigenvalue weighted by atomic mass is 10.0. The van der Waals surface area contributed by atoms with E-state index in [0.29, 0.717) is 17.7 Å². The average Bonchev–Trinajstić information content (AvgIpc) is 3.26. The van der Waals surface area contributed by atoms with Gasteiger partial charge in [-0.05, 0) is 65.6 Å². The van der Waals surface area contributed by atoms with Crippen LogP contribution in [0.1, 0.15) is 28.4 Å². The first-order valence-electron chi connectivity index (χ1n) is 11.9. The molecular formula is C32H25NO3. The molecule has 0 saturated carbocycles. The van der Waals surface area contributed by atoms with E-state index in [1.165, 1.54) is 0 Å². The van der Waals surface area contributed by atoms with Crippen LogP contribution in [0.4, 0.5) is 5.69 Å².